The van der Waals surface area contributed by atoms with E-state index in [4.69, 9.17) is 20.6 Å². The Kier molecular flexibility index (Phi) is 8.47. The summed E-state index contributed by atoms with van der Waals surface area (Å²) in [6.45, 7) is 12.5. The third-order valence-corrected chi connectivity index (χ3v) is 2.60. The number of carbonyl (C=O) groups excluding carboxylic acids is 3. The van der Waals surface area contributed by atoms with Gasteiger partial charge in [-0.2, -0.15) is 0 Å². The molecule has 7 heteroatoms. The van der Waals surface area contributed by atoms with Crippen molar-refractivity contribution in [3.05, 3.63) is 0 Å². The summed E-state index contributed by atoms with van der Waals surface area (Å²) in [7, 11) is 0. The Hall–Kier alpha value is -2.23. The largest absolute Gasteiger partial charge is 0.466 e. The van der Waals surface area contributed by atoms with Crippen LogP contribution in [0, 0.1) is 24.2 Å². The zero-order valence-corrected chi connectivity index (χ0v) is 16.1. The zero-order chi connectivity index (χ0) is 19.8. The van der Waals surface area contributed by atoms with Gasteiger partial charge in [0.25, 0.3) is 0 Å². The van der Waals surface area contributed by atoms with Gasteiger partial charge < -0.3 is 14.2 Å². The van der Waals surface area contributed by atoms with Crippen LogP contribution < -0.4 is 5.32 Å². The maximum absolute atomic E-state index is 11.1. The van der Waals surface area contributed by atoms with Gasteiger partial charge in [0.15, 0.2) is 0 Å². The molecule has 1 rings (SSSR count). The van der Waals surface area contributed by atoms with Crippen molar-refractivity contribution in [2.45, 2.75) is 66.1 Å². The summed E-state index contributed by atoms with van der Waals surface area (Å²) in [5, 5.41) is 1.97. The predicted octanol–water partition coefficient (Wildman–Crippen LogP) is 3.27. The maximum Gasteiger partial charge on any atom is 0.417 e. The Morgan fingerprint density at radius 2 is 1.48 bits per heavy atom. The number of imide groups is 1. The Morgan fingerprint density at radius 3 is 1.76 bits per heavy atom. The van der Waals surface area contributed by atoms with Gasteiger partial charge in [-0.05, 0) is 54.9 Å². The first-order valence-corrected chi connectivity index (χ1v) is 8.14. The standard InChI is InChI=1S/C10H19NO4.C8H10O2/c1-9(2,3)14-7(12)11-8(13)15-10(4,5)6;1-3-6-5-7(6)8(9)10-4-2/h1-6H3,(H,11,12,13);1,6-7H,4-5H2,2H3. The molecule has 2 amide bonds. The van der Waals surface area contributed by atoms with Crippen molar-refractivity contribution in [1.29, 1.82) is 0 Å². The predicted molar refractivity (Wildman–Crippen MR) is 92.7 cm³/mol. The van der Waals surface area contributed by atoms with Gasteiger partial charge >= 0.3 is 18.2 Å². The topological polar surface area (TPSA) is 90.9 Å². The van der Waals surface area contributed by atoms with E-state index >= 15 is 0 Å². The molecule has 7 nitrogen and oxygen atoms in total. The normalized spacial score (nSPS) is 18.6. The Morgan fingerprint density at radius 1 is 1.04 bits per heavy atom. The van der Waals surface area contributed by atoms with E-state index in [-0.39, 0.29) is 17.8 Å². The van der Waals surface area contributed by atoms with E-state index < -0.39 is 23.4 Å². The highest BCUT2D eigenvalue weighted by Gasteiger charge is 2.42. The van der Waals surface area contributed by atoms with Crippen molar-refractivity contribution in [2.75, 3.05) is 6.61 Å². The minimum absolute atomic E-state index is 0.00458. The van der Waals surface area contributed by atoms with Crippen molar-refractivity contribution < 1.29 is 28.6 Å². The number of hydrogen-bond acceptors (Lipinski definition) is 6. The fourth-order valence-corrected chi connectivity index (χ4v) is 1.58. The zero-order valence-electron chi connectivity index (χ0n) is 16.1. The molecule has 142 valence electrons. The van der Waals surface area contributed by atoms with Gasteiger partial charge in [-0.1, -0.05) is 0 Å². The summed E-state index contributed by atoms with van der Waals surface area (Å²) < 4.78 is 14.5. The molecule has 0 heterocycles. The molecule has 25 heavy (non-hydrogen) atoms. The van der Waals surface area contributed by atoms with Gasteiger partial charge in [-0.3, -0.25) is 4.79 Å². The van der Waals surface area contributed by atoms with Gasteiger partial charge in [0, 0.05) is 5.92 Å². The van der Waals surface area contributed by atoms with Crippen molar-refractivity contribution in [1.82, 2.24) is 5.32 Å². The SMILES string of the molecule is C#CC1CC1C(=O)OCC.CC(C)(C)OC(=O)NC(=O)OC(C)(C)C. The molecule has 2 unspecified atom stereocenters. The van der Waals surface area contributed by atoms with Crippen molar-refractivity contribution in [2.24, 2.45) is 11.8 Å². The van der Waals surface area contributed by atoms with Crippen LogP contribution in [0.1, 0.15) is 54.9 Å². The number of amides is 2. The van der Waals surface area contributed by atoms with Crippen molar-refractivity contribution >= 4 is 18.2 Å². The molecule has 0 aromatic carbocycles. The summed E-state index contributed by atoms with van der Waals surface area (Å²) >= 11 is 0. The van der Waals surface area contributed by atoms with Crippen LogP contribution in [0.3, 0.4) is 0 Å². The molecule has 2 atom stereocenters. The third-order valence-electron chi connectivity index (χ3n) is 2.60. The van der Waals surface area contributed by atoms with E-state index in [0.717, 1.165) is 6.42 Å². The molecule has 0 aromatic heterocycles. The van der Waals surface area contributed by atoms with Crippen molar-refractivity contribution in [3.63, 3.8) is 0 Å². The van der Waals surface area contributed by atoms with E-state index in [1.807, 2.05) is 5.32 Å². The lowest BCUT2D eigenvalue weighted by atomic mass is 10.2. The quantitative estimate of drug-likeness (QED) is 0.464. The van der Waals surface area contributed by atoms with Crippen LogP contribution in [-0.2, 0) is 19.0 Å². The summed E-state index contributed by atoms with van der Waals surface area (Å²) in [6, 6.07) is 0. The molecule has 1 saturated carbocycles. The average Bonchev–Trinajstić information content (AvgIpc) is 3.14. The van der Waals surface area contributed by atoms with E-state index in [1.54, 1.807) is 48.5 Å². The first kappa shape index (κ1) is 22.8. The summed E-state index contributed by atoms with van der Waals surface area (Å²) in [6.07, 6.45) is 4.30. The number of rotatable bonds is 2. The number of nitrogens with one attached hydrogen (secondary N) is 1. The number of alkyl carbamates (subject to hydrolysis) is 2. The Labute approximate surface area is 149 Å². The lowest BCUT2D eigenvalue weighted by Crippen LogP contribution is -2.39. The molecule has 0 saturated heterocycles. The van der Waals surface area contributed by atoms with E-state index in [0.29, 0.717) is 6.61 Å². The molecule has 1 N–H and O–H groups in total. The second kappa shape index (κ2) is 9.30. The number of carbonyl (C=O) groups is 3. The van der Waals surface area contributed by atoms with Gasteiger partial charge in [0.1, 0.15) is 11.2 Å². The molecule has 0 bridgehead atoms. The molecule has 0 aromatic rings. The molecule has 0 aliphatic heterocycles. The lowest BCUT2D eigenvalue weighted by Gasteiger charge is -2.21. The number of ether oxygens (including phenoxy) is 3. The number of hydrogen-bond donors (Lipinski definition) is 1. The van der Waals surface area contributed by atoms with Crippen molar-refractivity contribution in [3.8, 4) is 12.3 Å². The second-order valence-corrected chi connectivity index (χ2v) is 7.50. The summed E-state index contributed by atoms with van der Waals surface area (Å²) in [4.78, 5) is 33.1. The second-order valence-electron chi connectivity index (χ2n) is 7.50. The third kappa shape index (κ3) is 11.9. The van der Waals surface area contributed by atoms with Gasteiger partial charge in [-0.15, -0.1) is 12.3 Å². The maximum atomic E-state index is 11.1. The van der Waals surface area contributed by atoms with Crippen LogP contribution in [0.5, 0.6) is 0 Å². The van der Waals surface area contributed by atoms with Crippen LogP contribution in [-0.4, -0.2) is 36.0 Å². The smallest absolute Gasteiger partial charge is 0.417 e. The highest BCUT2D eigenvalue weighted by Crippen LogP contribution is 2.38. The number of terminal acetylenes is 1. The Balaban J connectivity index is 0.000000496. The molecule has 1 aliphatic carbocycles. The van der Waals surface area contributed by atoms with Crippen LogP contribution in [0.15, 0.2) is 0 Å². The minimum Gasteiger partial charge on any atom is -0.466 e. The fraction of sp³-hybridized carbons (Fsp3) is 0.722. The Bertz CT molecular complexity index is 495. The minimum atomic E-state index is -0.809. The fourth-order valence-electron chi connectivity index (χ4n) is 1.58. The number of esters is 1. The van der Waals surface area contributed by atoms with E-state index in [2.05, 4.69) is 5.92 Å². The van der Waals surface area contributed by atoms with E-state index in [1.165, 1.54) is 0 Å². The molecule has 1 aliphatic rings. The monoisotopic (exact) mass is 355 g/mol. The lowest BCUT2D eigenvalue weighted by molar-refractivity contribution is -0.144. The summed E-state index contributed by atoms with van der Waals surface area (Å²) in [5.41, 5.74) is -1.27. The van der Waals surface area contributed by atoms with Crippen LogP contribution >= 0.6 is 0 Å². The van der Waals surface area contributed by atoms with Crippen LogP contribution in [0.25, 0.3) is 0 Å². The van der Waals surface area contributed by atoms with Gasteiger partial charge in [-0.25, -0.2) is 14.9 Å². The van der Waals surface area contributed by atoms with Gasteiger partial charge in [0.05, 0.1) is 12.5 Å². The van der Waals surface area contributed by atoms with E-state index in [9.17, 15) is 14.4 Å². The molecule has 0 spiro atoms. The highest BCUT2D eigenvalue weighted by molar-refractivity contribution is 5.87. The van der Waals surface area contributed by atoms with Gasteiger partial charge in [0.2, 0.25) is 0 Å². The summed E-state index contributed by atoms with van der Waals surface area (Å²) in [5.74, 6) is 2.55. The molecule has 0 radical (unpaired) electrons. The first-order valence-electron chi connectivity index (χ1n) is 8.14. The molecule has 1 fully saturated rings. The first-order chi connectivity index (χ1) is 11.3. The van der Waals surface area contributed by atoms with Crippen LogP contribution in [0.4, 0.5) is 9.59 Å². The van der Waals surface area contributed by atoms with Crippen LogP contribution in [0.2, 0.25) is 0 Å². The highest BCUT2D eigenvalue weighted by atomic mass is 16.6. The molecular formula is C18H29NO6. The average molecular weight is 355 g/mol. The molecular weight excluding hydrogens is 326 g/mol.